The summed E-state index contributed by atoms with van der Waals surface area (Å²) in [5.74, 6) is -0.445. The fourth-order valence-corrected chi connectivity index (χ4v) is 6.74. The van der Waals surface area contributed by atoms with Crippen molar-refractivity contribution in [2.45, 2.75) is 33.4 Å². The van der Waals surface area contributed by atoms with E-state index in [9.17, 15) is 14.7 Å². The number of fused-ring (bicyclic) bond motifs is 1. The third-order valence-electron chi connectivity index (χ3n) is 7.63. The van der Waals surface area contributed by atoms with Crippen LogP contribution < -0.4 is 19.1 Å². The first-order valence-corrected chi connectivity index (χ1v) is 15.4. The van der Waals surface area contributed by atoms with Gasteiger partial charge in [-0.1, -0.05) is 65.9 Å². The van der Waals surface area contributed by atoms with Crippen molar-refractivity contribution < 1.29 is 28.9 Å². The van der Waals surface area contributed by atoms with Crippen molar-refractivity contribution in [1.29, 1.82) is 0 Å². The van der Waals surface area contributed by atoms with Gasteiger partial charge in [0.15, 0.2) is 16.6 Å². The normalized spacial score (nSPS) is 15.9. The first-order valence-electron chi connectivity index (χ1n) is 14.6. The summed E-state index contributed by atoms with van der Waals surface area (Å²) < 4.78 is 18.3. The van der Waals surface area contributed by atoms with Crippen molar-refractivity contribution in [3.8, 4) is 17.2 Å². The molecule has 0 aliphatic carbocycles. The Hall–Kier alpha value is -5.15. The fraction of sp³-hybridized carbons (Fsp3) is 0.194. The monoisotopic (exact) mass is 620 g/mol. The molecule has 1 N–H and O–H groups in total. The first kappa shape index (κ1) is 29.9. The predicted octanol–water partition coefficient (Wildman–Crippen LogP) is 7.53. The molecule has 1 aliphatic heterocycles. The molecular formula is C36H32N2O6S. The van der Waals surface area contributed by atoms with Gasteiger partial charge in [0.1, 0.15) is 18.1 Å². The molecule has 9 heteroatoms. The van der Waals surface area contributed by atoms with Crippen LogP contribution in [-0.2, 0) is 16.2 Å². The lowest BCUT2D eigenvalue weighted by Gasteiger charge is -2.24. The average molecular weight is 621 g/mol. The quantitative estimate of drug-likeness (QED) is 0.103. The standard InChI is InChI=1S/C36H32N2O6S/c1-5-43-26-13-9-12-25(18-26)33(39)30-32(24-14-15-27(28(19-24)42-4)44-20-23-10-7-6-8-11-23)38(35(41)34(30)40)36-37-31-22(3)16-21(2)17-29(31)45-36/h6-19,32,39H,5,20H2,1-4H3/b33-30+. The number of ketones is 1. The van der Waals surface area contributed by atoms with Crippen LogP contribution in [0.25, 0.3) is 16.0 Å². The minimum Gasteiger partial charge on any atom is -0.507 e. The zero-order valence-corrected chi connectivity index (χ0v) is 26.2. The zero-order chi connectivity index (χ0) is 31.7. The number of carbonyl (C=O) groups excluding carboxylic acids is 2. The largest absolute Gasteiger partial charge is 0.507 e. The third-order valence-corrected chi connectivity index (χ3v) is 8.63. The summed E-state index contributed by atoms with van der Waals surface area (Å²) >= 11 is 1.33. The number of Topliss-reactive ketones (excluding diaryl/α,β-unsaturated/α-hetero) is 1. The SMILES string of the molecule is CCOc1cccc(/C(O)=C2\C(=O)C(=O)N(c3nc4c(C)cc(C)cc4s3)C2c2ccc(OCc3ccccc3)c(OC)c2)c1. The number of aliphatic hydroxyl groups excluding tert-OH is 1. The topological polar surface area (TPSA) is 98.2 Å². The molecule has 228 valence electrons. The van der Waals surface area contributed by atoms with E-state index in [1.165, 1.54) is 23.3 Å². The van der Waals surface area contributed by atoms with Crippen molar-refractivity contribution in [2.24, 2.45) is 0 Å². The Morgan fingerprint density at radius 2 is 1.73 bits per heavy atom. The number of rotatable bonds is 9. The lowest BCUT2D eigenvalue weighted by Crippen LogP contribution is -2.29. The van der Waals surface area contributed by atoms with Gasteiger partial charge in [-0.25, -0.2) is 4.98 Å². The number of nitrogens with zero attached hydrogens (tertiary/aromatic N) is 2. The van der Waals surface area contributed by atoms with Gasteiger partial charge in [-0.3, -0.25) is 14.5 Å². The Labute approximate surface area is 265 Å². The van der Waals surface area contributed by atoms with Gasteiger partial charge in [-0.15, -0.1) is 0 Å². The number of methoxy groups -OCH3 is 1. The molecule has 1 aliphatic rings. The van der Waals surface area contributed by atoms with E-state index >= 15 is 0 Å². The molecule has 2 heterocycles. The number of anilines is 1. The lowest BCUT2D eigenvalue weighted by molar-refractivity contribution is -0.132. The van der Waals surface area contributed by atoms with Gasteiger partial charge in [0.05, 0.1) is 35.5 Å². The molecule has 4 aromatic carbocycles. The number of aryl methyl sites for hydroxylation is 2. The zero-order valence-electron chi connectivity index (χ0n) is 25.4. The van der Waals surface area contributed by atoms with Gasteiger partial charge < -0.3 is 19.3 Å². The van der Waals surface area contributed by atoms with Crippen LogP contribution >= 0.6 is 11.3 Å². The molecule has 8 nitrogen and oxygen atoms in total. The number of hydrogen-bond acceptors (Lipinski definition) is 8. The maximum Gasteiger partial charge on any atom is 0.301 e. The van der Waals surface area contributed by atoms with Crippen LogP contribution in [0.5, 0.6) is 17.2 Å². The summed E-state index contributed by atoms with van der Waals surface area (Å²) in [5, 5.41) is 12.0. The van der Waals surface area contributed by atoms with E-state index in [1.54, 1.807) is 42.5 Å². The highest BCUT2D eigenvalue weighted by atomic mass is 32.1. The Kier molecular flexibility index (Phi) is 8.28. The minimum atomic E-state index is -0.986. The number of thiazole rings is 1. The van der Waals surface area contributed by atoms with Crippen molar-refractivity contribution in [3.63, 3.8) is 0 Å². The Bertz CT molecular complexity index is 1950. The number of hydrogen-bond donors (Lipinski definition) is 1. The van der Waals surface area contributed by atoms with Gasteiger partial charge in [-0.05, 0) is 73.4 Å². The van der Waals surface area contributed by atoms with Crippen LogP contribution in [0.2, 0.25) is 0 Å². The van der Waals surface area contributed by atoms with Crippen LogP contribution in [0.3, 0.4) is 0 Å². The maximum atomic E-state index is 13.8. The number of ether oxygens (including phenoxy) is 3. The molecule has 0 saturated carbocycles. The second-order valence-electron chi connectivity index (χ2n) is 10.7. The van der Waals surface area contributed by atoms with Crippen molar-refractivity contribution in [2.75, 3.05) is 18.6 Å². The maximum absolute atomic E-state index is 13.8. The molecule has 1 aromatic heterocycles. The van der Waals surface area contributed by atoms with Gasteiger partial charge in [0.2, 0.25) is 0 Å². The molecule has 5 aromatic rings. The molecule has 1 fully saturated rings. The van der Waals surface area contributed by atoms with E-state index in [-0.39, 0.29) is 11.3 Å². The number of amides is 1. The smallest absolute Gasteiger partial charge is 0.301 e. The molecular weight excluding hydrogens is 588 g/mol. The number of benzene rings is 4. The molecule has 0 spiro atoms. The highest BCUT2D eigenvalue weighted by Crippen LogP contribution is 2.46. The number of aromatic nitrogens is 1. The highest BCUT2D eigenvalue weighted by Gasteiger charge is 2.48. The number of carbonyl (C=O) groups is 2. The fourth-order valence-electron chi connectivity index (χ4n) is 5.57. The van der Waals surface area contributed by atoms with Crippen LogP contribution in [0.4, 0.5) is 5.13 Å². The molecule has 0 bridgehead atoms. The van der Waals surface area contributed by atoms with Crippen LogP contribution in [0.1, 0.15) is 40.8 Å². The summed E-state index contributed by atoms with van der Waals surface area (Å²) in [5.41, 5.74) is 4.64. The van der Waals surface area contributed by atoms with Crippen LogP contribution in [0.15, 0.2) is 90.5 Å². The van der Waals surface area contributed by atoms with Gasteiger partial charge in [0.25, 0.3) is 5.78 Å². The van der Waals surface area contributed by atoms with Crippen molar-refractivity contribution in [1.82, 2.24) is 4.98 Å². The van der Waals surface area contributed by atoms with E-state index in [2.05, 4.69) is 0 Å². The molecule has 1 saturated heterocycles. The Morgan fingerprint density at radius 3 is 2.49 bits per heavy atom. The summed E-state index contributed by atoms with van der Waals surface area (Å²) in [6, 6.07) is 24.9. The van der Waals surface area contributed by atoms with Gasteiger partial charge in [-0.2, -0.15) is 0 Å². The van der Waals surface area contributed by atoms with E-state index in [0.29, 0.717) is 46.7 Å². The second-order valence-corrected chi connectivity index (χ2v) is 11.7. The Morgan fingerprint density at radius 1 is 0.933 bits per heavy atom. The van der Waals surface area contributed by atoms with Crippen molar-refractivity contribution in [3.05, 3.63) is 118 Å². The molecule has 1 amide bonds. The predicted molar refractivity (Wildman–Crippen MR) is 175 cm³/mol. The lowest BCUT2D eigenvalue weighted by atomic mass is 9.95. The third kappa shape index (κ3) is 5.74. The molecule has 45 heavy (non-hydrogen) atoms. The molecule has 0 radical (unpaired) electrons. The second kappa shape index (κ2) is 12.5. The summed E-state index contributed by atoms with van der Waals surface area (Å²) in [6.45, 7) is 6.59. The first-order chi connectivity index (χ1) is 21.8. The minimum absolute atomic E-state index is 0.0548. The van der Waals surface area contributed by atoms with E-state index in [0.717, 1.165) is 26.9 Å². The Balaban J connectivity index is 1.49. The van der Waals surface area contributed by atoms with E-state index < -0.39 is 17.7 Å². The average Bonchev–Trinajstić information content (AvgIpc) is 3.58. The molecule has 1 unspecified atom stereocenters. The molecule has 1 atom stereocenters. The van der Waals surface area contributed by atoms with E-state index in [4.69, 9.17) is 19.2 Å². The number of aliphatic hydroxyl groups is 1. The van der Waals surface area contributed by atoms with Crippen LogP contribution in [0, 0.1) is 13.8 Å². The molecule has 6 rings (SSSR count). The van der Waals surface area contributed by atoms with Gasteiger partial charge >= 0.3 is 5.91 Å². The summed E-state index contributed by atoms with van der Waals surface area (Å²) in [4.78, 5) is 33.8. The highest BCUT2D eigenvalue weighted by molar-refractivity contribution is 7.22. The van der Waals surface area contributed by atoms with Gasteiger partial charge in [0, 0.05) is 5.56 Å². The van der Waals surface area contributed by atoms with E-state index in [1.807, 2.05) is 63.2 Å². The summed E-state index contributed by atoms with van der Waals surface area (Å²) in [6.07, 6.45) is 0. The van der Waals surface area contributed by atoms with Crippen LogP contribution in [-0.4, -0.2) is 35.5 Å². The summed E-state index contributed by atoms with van der Waals surface area (Å²) in [7, 11) is 1.53. The van der Waals surface area contributed by atoms with Crippen molar-refractivity contribution >= 4 is 44.1 Å².